The molecule has 1 aromatic heterocycles. The number of aryl methyl sites for hydroxylation is 1. The second-order valence-electron chi connectivity index (χ2n) is 7.31. The van der Waals surface area contributed by atoms with Crippen LogP contribution < -0.4 is 10.1 Å². The number of amides is 1. The molecule has 0 fully saturated rings. The van der Waals surface area contributed by atoms with Gasteiger partial charge in [-0.25, -0.2) is 13.4 Å². The molecule has 13 heteroatoms. The minimum Gasteiger partial charge on any atom is -0.434 e. The van der Waals surface area contributed by atoms with Crippen molar-refractivity contribution in [1.29, 1.82) is 4.78 Å². The van der Waals surface area contributed by atoms with E-state index < -0.39 is 56.1 Å². The third kappa shape index (κ3) is 5.45. The zero-order valence-corrected chi connectivity index (χ0v) is 19.5. The smallest absolute Gasteiger partial charge is 0.434 e. The first kappa shape index (κ1) is 25.4. The maximum Gasteiger partial charge on any atom is 0.435 e. The highest BCUT2D eigenvalue weighted by atomic mass is 35.5. The number of nitrogens with one attached hydrogen (secondary N) is 2. The number of alkyl halides is 3. The lowest BCUT2D eigenvalue weighted by molar-refractivity contribution is -0.142. The second kappa shape index (κ2) is 9.18. The standard InChI is InChI=1S/C21H17ClF4N4O3S/c1-10-7-16(15(23)9-14(10)22)33-20-17(11(2)18(29-30-20)21(24,25)26)19(31)28-12-5-4-6-13(8-12)34(3,27)32/h4-9,27H,1-3H3,(H,28,31). The third-order valence-electron chi connectivity index (χ3n) is 4.64. The quantitative estimate of drug-likeness (QED) is 0.406. The van der Waals surface area contributed by atoms with Crippen LogP contribution >= 0.6 is 11.6 Å². The van der Waals surface area contributed by atoms with Gasteiger partial charge in [0, 0.05) is 21.9 Å². The van der Waals surface area contributed by atoms with Crippen molar-refractivity contribution in [3.63, 3.8) is 0 Å². The molecule has 7 nitrogen and oxygen atoms in total. The molecule has 0 aliphatic carbocycles. The Hall–Kier alpha value is -3.25. The van der Waals surface area contributed by atoms with Gasteiger partial charge >= 0.3 is 6.18 Å². The van der Waals surface area contributed by atoms with Crippen LogP contribution in [-0.2, 0) is 15.9 Å². The molecule has 2 N–H and O–H groups in total. The Morgan fingerprint density at radius 1 is 1.18 bits per heavy atom. The van der Waals surface area contributed by atoms with Gasteiger partial charge in [-0.1, -0.05) is 17.7 Å². The molecule has 0 aliphatic rings. The molecule has 180 valence electrons. The molecular formula is C21H17ClF4N4O3S. The first-order valence-electron chi connectivity index (χ1n) is 9.41. The Bertz CT molecular complexity index is 1400. The van der Waals surface area contributed by atoms with Gasteiger partial charge in [0.2, 0.25) is 0 Å². The summed E-state index contributed by atoms with van der Waals surface area (Å²) in [7, 11) is -3.12. The molecule has 3 aromatic rings. The van der Waals surface area contributed by atoms with Crippen LogP contribution in [0.1, 0.15) is 27.2 Å². The zero-order valence-electron chi connectivity index (χ0n) is 17.9. The summed E-state index contributed by atoms with van der Waals surface area (Å²) in [5.41, 5.74) is -2.18. The number of anilines is 1. The van der Waals surface area contributed by atoms with E-state index in [2.05, 4.69) is 15.5 Å². The van der Waals surface area contributed by atoms with Crippen molar-refractivity contribution in [2.75, 3.05) is 11.6 Å². The number of aromatic nitrogens is 2. The van der Waals surface area contributed by atoms with Gasteiger partial charge in [0.15, 0.2) is 17.3 Å². The Balaban J connectivity index is 2.10. The lowest BCUT2D eigenvalue weighted by Crippen LogP contribution is -2.21. The van der Waals surface area contributed by atoms with E-state index in [0.717, 1.165) is 13.0 Å². The number of halogens is 5. The minimum absolute atomic E-state index is 0.0635. The summed E-state index contributed by atoms with van der Waals surface area (Å²) in [5.74, 6) is -3.09. The lowest BCUT2D eigenvalue weighted by atomic mass is 10.1. The minimum atomic E-state index is -4.92. The van der Waals surface area contributed by atoms with Crippen LogP contribution in [0, 0.1) is 24.4 Å². The Morgan fingerprint density at radius 3 is 2.47 bits per heavy atom. The van der Waals surface area contributed by atoms with Gasteiger partial charge in [-0.15, -0.1) is 10.2 Å². The number of benzene rings is 2. The monoisotopic (exact) mass is 516 g/mol. The van der Waals surface area contributed by atoms with E-state index >= 15 is 0 Å². The summed E-state index contributed by atoms with van der Waals surface area (Å²) in [6.45, 7) is 2.55. The molecule has 1 heterocycles. The van der Waals surface area contributed by atoms with Crippen molar-refractivity contribution >= 4 is 32.9 Å². The maximum atomic E-state index is 14.3. The highest BCUT2D eigenvalue weighted by Gasteiger charge is 2.38. The molecule has 2 aromatic carbocycles. The summed E-state index contributed by atoms with van der Waals surface area (Å²) in [4.78, 5) is 13.1. The van der Waals surface area contributed by atoms with Crippen LogP contribution in [0.2, 0.25) is 5.02 Å². The average molecular weight is 517 g/mol. The predicted molar refractivity (Wildman–Crippen MR) is 117 cm³/mol. The molecule has 34 heavy (non-hydrogen) atoms. The second-order valence-corrected chi connectivity index (χ2v) is 9.88. The first-order chi connectivity index (χ1) is 15.7. The predicted octanol–water partition coefficient (Wildman–Crippen LogP) is 5.98. The van der Waals surface area contributed by atoms with Crippen molar-refractivity contribution in [3.8, 4) is 11.6 Å². The number of carbonyl (C=O) groups excluding carboxylic acids is 1. The van der Waals surface area contributed by atoms with E-state index in [9.17, 15) is 26.6 Å². The normalized spacial score (nSPS) is 13.3. The highest BCUT2D eigenvalue weighted by Crippen LogP contribution is 2.36. The third-order valence-corrected chi connectivity index (χ3v) is 6.20. The Labute approximate surface area is 197 Å². The molecule has 1 atom stereocenters. The molecule has 3 rings (SSSR count). The largest absolute Gasteiger partial charge is 0.435 e. The van der Waals surface area contributed by atoms with Crippen molar-refractivity contribution in [1.82, 2.24) is 10.2 Å². The first-order valence-corrected chi connectivity index (χ1v) is 11.8. The summed E-state index contributed by atoms with van der Waals surface area (Å²) in [6.07, 6.45) is -3.75. The van der Waals surface area contributed by atoms with E-state index in [4.69, 9.17) is 21.1 Å². The van der Waals surface area contributed by atoms with Crippen LogP contribution in [0.4, 0.5) is 23.2 Å². The molecule has 0 saturated carbocycles. The van der Waals surface area contributed by atoms with E-state index in [0.29, 0.717) is 5.56 Å². The summed E-state index contributed by atoms with van der Waals surface area (Å²) in [5, 5.41) is 8.98. The number of hydrogen-bond donors (Lipinski definition) is 2. The van der Waals surface area contributed by atoms with Crippen molar-refractivity contribution in [2.45, 2.75) is 24.9 Å². The average Bonchev–Trinajstić information content (AvgIpc) is 2.70. The lowest BCUT2D eigenvalue weighted by Gasteiger charge is -2.16. The van der Waals surface area contributed by atoms with Gasteiger partial charge in [-0.05, 0) is 55.3 Å². The topological polar surface area (TPSA) is 105 Å². The van der Waals surface area contributed by atoms with Gasteiger partial charge < -0.3 is 10.1 Å². The Morgan fingerprint density at radius 2 is 1.85 bits per heavy atom. The SMILES string of the molecule is Cc1cc(Oc2nnc(C(F)(F)F)c(C)c2C(=O)Nc2cccc(S(C)(=N)=O)c2)c(F)cc1Cl. The molecule has 1 unspecified atom stereocenters. The number of hydrogen-bond acceptors (Lipinski definition) is 6. The summed E-state index contributed by atoms with van der Waals surface area (Å²) in [6, 6.07) is 7.63. The highest BCUT2D eigenvalue weighted by molar-refractivity contribution is 7.91. The van der Waals surface area contributed by atoms with Crippen LogP contribution in [0.15, 0.2) is 41.3 Å². The summed E-state index contributed by atoms with van der Waals surface area (Å²) >= 11 is 5.86. The summed E-state index contributed by atoms with van der Waals surface area (Å²) < 4.78 is 79.6. The molecule has 0 bridgehead atoms. The number of nitrogens with zero attached hydrogens (tertiary/aromatic N) is 2. The van der Waals surface area contributed by atoms with Gasteiger partial charge in [0.05, 0.1) is 9.73 Å². The van der Waals surface area contributed by atoms with Gasteiger partial charge in [-0.3, -0.25) is 4.79 Å². The van der Waals surface area contributed by atoms with E-state index in [1.54, 1.807) is 6.92 Å². The van der Waals surface area contributed by atoms with Crippen molar-refractivity contribution < 1.29 is 31.3 Å². The van der Waals surface area contributed by atoms with Crippen molar-refractivity contribution in [3.05, 3.63) is 69.6 Å². The fourth-order valence-electron chi connectivity index (χ4n) is 2.93. The van der Waals surface area contributed by atoms with Crippen LogP contribution in [0.25, 0.3) is 0 Å². The molecule has 0 aliphatic heterocycles. The van der Waals surface area contributed by atoms with Gasteiger partial charge in [-0.2, -0.15) is 13.2 Å². The van der Waals surface area contributed by atoms with Crippen molar-refractivity contribution in [2.24, 2.45) is 0 Å². The molecular weight excluding hydrogens is 500 g/mol. The van der Waals surface area contributed by atoms with Gasteiger partial charge in [0.25, 0.3) is 11.8 Å². The number of rotatable bonds is 5. The van der Waals surface area contributed by atoms with Crippen LogP contribution in [-0.4, -0.2) is 26.6 Å². The fourth-order valence-corrected chi connectivity index (χ4v) is 3.77. The molecule has 0 radical (unpaired) electrons. The number of ether oxygens (including phenoxy) is 1. The van der Waals surface area contributed by atoms with E-state index in [1.807, 2.05) is 0 Å². The van der Waals surface area contributed by atoms with E-state index in [1.165, 1.54) is 36.6 Å². The zero-order chi connectivity index (χ0) is 25.4. The number of carbonyl (C=O) groups is 1. The van der Waals surface area contributed by atoms with E-state index in [-0.39, 0.29) is 15.6 Å². The van der Waals surface area contributed by atoms with Gasteiger partial charge in [0.1, 0.15) is 5.56 Å². The molecule has 0 saturated heterocycles. The maximum absolute atomic E-state index is 14.3. The fraction of sp³-hybridized carbons (Fsp3) is 0.190. The van der Waals surface area contributed by atoms with Crippen LogP contribution in [0.5, 0.6) is 11.6 Å². The molecule has 0 spiro atoms. The molecule has 1 amide bonds. The van der Waals surface area contributed by atoms with Crippen LogP contribution in [0.3, 0.4) is 0 Å². The Kier molecular flexibility index (Phi) is 6.85.